The molecule has 0 atom stereocenters. The van der Waals surface area contributed by atoms with Crippen LogP contribution in [0.1, 0.15) is 0 Å². The number of aromatic nitrogens is 2. The fourth-order valence-electron chi connectivity index (χ4n) is 1.30. The number of hydrogen-bond donors (Lipinski definition) is 1. The van der Waals surface area contributed by atoms with E-state index in [0.717, 1.165) is 18.3 Å². The molecule has 0 aromatic carbocycles. The second-order valence-corrected chi connectivity index (χ2v) is 5.66. The van der Waals surface area contributed by atoms with Crippen molar-refractivity contribution in [3.8, 4) is 0 Å². The third-order valence-corrected chi connectivity index (χ3v) is 3.91. The van der Waals surface area contributed by atoms with Gasteiger partial charge >= 0.3 is 5.82 Å². The molecule has 0 amide bonds. The summed E-state index contributed by atoms with van der Waals surface area (Å²) in [6.45, 7) is 0. The lowest BCUT2D eigenvalue weighted by Gasteiger charge is -2.07. The van der Waals surface area contributed by atoms with E-state index in [9.17, 15) is 18.5 Å². The van der Waals surface area contributed by atoms with Gasteiger partial charge in [0, 0.05) is 12.3 Å². The Kier molecular flexibility index (Phi) is 3.81. The van der Waals surface area contributed by atoms with E-state index in [0.29, 0.717) is 0 Å². The van der Waals surface area contributed by atoms with E-state index in [2.05, 4.69) is 14.7 Å². The van der Waals surface area contributed by atoms with Gasteiger partial charge < -0.3 is 10.1 Å². The first-order valence-corrected chi connectivity index (χ1v) is 6.99. The first kappa shape index (κ1) is 14.2. The van der Waals surface area contributed by atoms with Crippen molar-refractivity contribution in [3.05, 3.63) is 51.9 Å². The van der Waals surface area contributed by atoms with Gasteiger partial charge in [-0.25, -0.2) is 8.42 Å². The molecule has 0 spiro atoms. The SMILES string of the molecule is O=[N+]([O-])c1ccc(S(=O)(=O)Nc2cnccc2Cl)cn1. The summed E-state index contributed by atoms with van der Waals surface area (Å²) in [4.78, 5) is 16.7. The molecule has 0 aliphatic rings. The molecule has 2 rings (SSSR count). The second kappa shape index (κ2) is 5.39. The topological polar surface area (TPSA) is 115 Å². The maximum absolute atomic E-state index is 12.0. The van der Waals surface area contributed by atoms with Crippen LogP contribution < -0.4 is 4.72 Å². The molecule has 0 aliphatic heterocycles. The molecule has 0 unspecified atom stereocenters. The molecular formula is C10H7ClN4O4S. The van der Waals surface area contributed by atoms with Crippen molar-refractivity contribution >= 4 is 33.1 Å². The molecule has 10 heteroatoms. The number of halogens is 1. The van der Waals surface area contributed by atoms with E-state index in [1.165, 1.54) is 18.5 Å². The van der Waals surface area contributed by atoms with Crippen LogP contribution in [0, 0.1) is 10.1 Å². The van der Waals surface area contributed by atoms with Gasteiger partial charge in [0.25, 0.3) is 10.0 Å². The lowest BCUT2D eigenvalue weighted by molar-refractivity contribution is -0.389. The summed E-state index contributed by atoms with van der Waals surface area (Å²) in [5.74, 6) is -0.441. The van der Waals surface area contributed by atoms with Gasteiger partial charge in [-0.1, -0.05) is 11.6 Å². The molecule has 2 heterocycles. The van der Waals surface area contributed by atoms with E-state index < -0.39 is 20.8 Å². The smallest absolute Gasteiger partial charge is 0.358 e. The summed E-state index contributed by atoms with van der Waals surface area (Å²) in [6, 6.07) is 3.50. The minimum Gasteiger partial charge on any atom is -0.358 e. The van der Waals surface area contributed by atoms with Crippen LogP contribution in [0.5, 0.6) is 0 Å². The zero-order valence-electron chi connectivity index (χ0n) is 9.72. The Hall–Kier alpha value is -2.26. The lowest BCUT2D eigenvalue weighted by atomic mass is 10.4. The lowest BCUT2D eigenvalue weighted by Crippen LogP contribution is -2.13. The number of anilines is 1. The average Bonchev–Trinajstić information content (AvgIpc) is 2.41. The quantitative estimate of drug-likeness (QED) is 0.680. The first-order chi connectivity index (χ1) is 9.40. The molecule has 8 nitrogen and oxygen atoms in total. The van der Waals surface area contributed by atoms with Gasteiger partial charge in [0.15, 0.2) is 6.20 Å². The first-order valence-electron chi connectivity index (χ1n) is 5.13. The maximum Gasteiger partial charge on any atom is 0.363 e. The van der Waals surface area contributed by atoms with Crippen LogP contribution in [0.15, 0.2) is 41.7 Å². The highest BCUT2D eigenvalue weighted by Gasteiger charge is 2.19. The Balaban J connectivity index is 2.31. The molecule has 2 aromatic heterocycles. The Morgan fingerprint density at radius 2 is 2.00 bits per heavy atom. The molecule has 0 fully saturated rings. The van der Waals surface area contributed by atoms with Crippen molar-refractivity contribution in [2.45, 2.75) is 4.90 Å². The van der Waals surface area contributed by atoms with Crippen LogP contribution in [-0.2, 0) is 10.0 Å². The van der Waals surface area contributed by atoms with E-state index in [4.69, 9.17) is 11.6 Å². The summed E-state index contributed by atoms with van der Waals surface area (Å²) in [7, 11) is -3.94. The maximum atomic E-state index is 12.0. The predicted octanol–water partition coefficient (Wildman–Crippen LogP) is 1.84. The predicted molar refractivity (Wildman–Crippen MR) is 70.9 cm³/mol. The van der Waals surface area contributed by atoms with Crippen molar-refractivity contribution < 1.29 is 13.3 Å². The molecular weight excluding hydrogens is 308 g/mol. The van der Waals surface area contributed by atoms with Gasteiger partial charge in [-0.3, -0.25) is 9.71 Å². The van der Waals surface area contributed by atoms with Gasteiger partial charge in [0.1, 0.15) is 4.90 Å². The summed E-state index contributed by atoms with van der Waals surface area (Å²) in [6.07, 6.45) is 3.55. The van der Waals surface area contributed by atoms with Crippen molar-refractivity contribution in [2.24, 2.45) is 0 Å². The van der Waals surface area contributed by atoms with Crippen LogP contribution in [0.25, 0.3) is 0 Å². The molecule has 0 bridgehead atoms. The van der Waals surface area contributed by atoms with Gasteiger partial charge in [-0.15, -0.1) is 0 Å². The number of pyridine rings is 2. The molecule has 1 N–H and O–H groups in total. The average molecular weight is 315 g/mol. The zero-order chi connectivity index (χ0) is 14.8. The minimum atomic E-state index is -3.94. The van der Waals surface area contributed by atoms with Gasteiger partial charge in [0.05, 0.1) is 16.9 Å². The van der Waals surface area contributed by atoms with E-state index in [-0.39, 0.29) is 15.6 Å². The molecule has 0 saturated carbocycles. The van der Waals surface area contributed by atoms with E-state index in [1.54, 1.807) is 0 Å². The Bertz CT molecular complexity index is 748. The number of sulfonamides is 1. The van der Waals surface area contributed by atoms with E-state index in [1.807, 2.05) is 0 Å². The normalized spacial score (nSPS) is 11.1. The van der Waals surface area contributed by atoms with Crippen molar-refractivity contribution in [2.75, 3.05) is 4.72 Å². The van der Waals surface area contributed by atoms with Crippen LogP contribution in [0.2, 0.25) is 5.02 Å². The van der Waals surface area contributed by atoms with Gasteiger partial charge in [-0.05, 0) is 22.0 Å². The highest BCUT2D eigenvalue weighted by atomic mass is 35.5. The third kappa shape index (κ3) is 3.00. The van der Waals surface area contributed by atoms with Crippen molar-refractivity contribution in [3.63, 3.8) is 0 Å². The molecule has 104 valence electrons. The molecule has 2 aromatic rings. The molecule has 0 aliphatic carbocycles. The zero-order valence-corrected chi connectivity index (χ0v) is 11.3. The van der Waals surface area contributed by atoms with Crippen LogP contribution >= 0.6 is 11.6 Å². The number of hydrogen-bond acceptors (Lipinski definition) is 6. The Morgan fingerprint density at radius 3 is 2.55 bits per heavy atom. The molecule has 20 heavy (non-hydrogen) atoms. The summed E-state index contributed by atoms with van der Waals surface area (Å²) in [5.41, 5.74) is 0.104. The number of nitrogens with one attached hydrogen (secondary N) is 1. The third-order valence-electron chi connectivity index (χ3n) is 2.23. The summed E-state index contributed by atoms with van der Waals surface area (Å²) < 4.78 is 26.3. The number of nitro groups is 1. The monoisotopic (exact) mass is 314 g/mol. The standard InChI is InChI=1S/C10H7ClN4O4S/c11-8-3-4-12-6-9(8)14-20(18,19)7-1-2-10(13-5-7)15(16)17/h1-6,14H. The number of nitrogens with zero attached hydrogens (tertiary/aromatic N) is 3. The van der Waals surface area contributed by atoms with Crippen molar-refractivity contribution in [1.29, 1.82) is 0 Å². The van der Waals surface area contributed by atoms with Crippen LogP contribution in [0.4, 0.5) is 11.5 Å². The highest BCUT2D eigenvalue weighted by molar-refractivity contribution is 7.92. The van der Waals surface area contributed by atoms with Crippen molar-refractivity contribution in [1.82, 2.24) is 9.97 Å². The summed E-state index contributed by atoms with van der Waals surface area (Å²) in [5, 5.41) is 10.6. The van der Waals surface area contributed by atoms with Crippen LogP contribution in [-0.4, -0.2) is 23.3 Å². The largest absolute Gasteiger partial charge is 0.363 e. The van der Waals surface area contributed by atoms with Crippen LogP contribution in [0.3, 0.4) is 0 Å². The number of rotatable bonds is 4. The van der Waals surface area contributed by atoms with Gasteiger partial charge in [-0.2, -0.15) is 0 Å². The molecule has 0 radical (unpaired) electrons. The second-order valence-electron chi connectivity index (χ2n) is 3.57. The Morgan fingerprint density at radius 1 is 1.25 bits per heavy atom. The highest BCUT2D eigenvalue weighted by Crippen LogP contribution is 2.23. The van der Waals surface area contributed by atoms with E-state index >= 15 is 0 Å². The Labute approximate surface area is 118 Å². The van der Waals surface area contributed by atoms with Gasteiger partial charge in [0.2, 0.25) is 0 Å². The fourth-order valence-corrected chi connectivity index (χ4v) is 2.51. The summed E-state index contributed by atoms with van der Waals surface area (Å²) >= 11 is 5.81. The fraction of sp³-hybridized carbons (Fsp3) is 0. The molecule has 0 saturated heterocycles. The minimum absolute atomic E-state index is 0.104.